The maximum absolute atomic E-state index is 13.1. The molecule has 0 aliphatic heterocycles. The number of nitrogens with one attached hydrogen (secondary N) is 1. The Labute approximate surface area is 192 Å². The average molecular weight is 462 g/mol. The maximum atomic E-state index is 13.1. The van der Waals surface area contributed by atoms with Gasteiger partial charge in [0.25, 0.3) is 15.9 Å². The predicted molar refractivity (Wildman–Crippen MR) is 126 cm³/mol. The molecule has 0 aliphatic carbocycles. The molecule has 8 nitrogen and oxygen atoms in total. The lowest BCUT2D eigenvalue weighted by Crippen LogP contribution is -2.28. The van der Waals surface area contributed by atoms with Gasteiger partial charge in [-0.05, 0) is 55.0 Å². The highest BCUT2D eigenvalue weighted by atomic mass is 32.2. The third-order valence-corrected chi connectivity index (χ3v) is 7.08. The van der Waals surface area contributed by atoms with Crippen LogP contribution in [0, 0.1) is 0 Å². The molecule has 1 atom stereocenters. The first-order chi connectivity index (χ1) is 15.9. The van der Waals surface area contributed by atoms with Crippen LogP contribution in [0.25, 0.3) is 5.69 Å². The van der Waals surface area contributed by atoms with Crippen LogP contribution in [0.1, 0.15) is 28.9 Å². The molecule has 168 valence electrons. The molecule has 1 amide bonds. The van der Waals surface area contributed by atoms with Gasteiger partial charge in [0.05, 0.1) is 22.3 Å². The molecule has 3 aromatic carbocycles. The number of benzene rings is 3. The van der Waals surface area contributed by atoms with Gasteiger partial charge in [0.1, 0.15) is 12.7 Å². The second-order valence-corrected chi connectivity index (χ2v) is 9.43. The molecule has 0 saturated carbocycles. The van der Waals surface area contributed by atoms with Gasteiger partial charge in [-0.15, -0.1) is 0 Å². The first kappa shape index (κ1) is 22.2. The molecule has 9 heteroatoms. The molecule has 0 bridgehead atoms. The molecule has 33 heavy (non-hydrogen) atoms. The number of sulfonamides is 1. The third-order valence-electron chi connectivity index (χ3n) is 5.30. The van der Waals surface area contributed by atoms with Crippen LogP contribution in [0.15, 0.2) is 96.4 Å². The lowest BCUT2D eigenvalue weighted by molar-refractivity contribution is 0.0939. The number of carbonyl (C=O) groups is 1. The van der Waals surface area contributed by atoms with Crippen molar-refractivity contribution in [3.8, 4) is 5.69 Å². The van der Waals surface area contributed by atoms with E-state index in [1.165, 1.54) is 29.8 Å². The fraction of sp³-hybridized carbons (Fsp3) is 0.125. The van der Waals surface area contributed by atoms with Crippen molar-refractivity contribution in [2.75, 3.05) is 11.4 Å². The summed E-state index contributed by atoms with van der Waals surface area (Å²) in [6.07, 6.45) is 3.07. The molecule has 1 heterocycles. The van der Waals surface area contributed by atoms with Gasteiger partial charge in [-0.3, -0.25) is 9.10 Å². The Balaban J connectivity index is 1.49. The lowest BCUT2D eigenvalue weighted by Gasteiger charge is -2.20. The quantitative estimate of drug-likeness (QED) is 0.454. The first-order valence-electron chi connectivity index (χ1n) is 10.3. The van der Waals surface area contributed by atoms with E-state index >= 15 is 0 Å². The van der Waals surface area contributed by atoms with Crippen LogP contribution >= 0.6 is 0 Å². The highest BCUT2D eigenvalue weighted by Gasteiger charge is 2.22. The highest BCUT2D eigenvalue weighted by Crippen LogP contribution is 2.23. The maximum Gasteiger partial charge on any atom is 0.264 e. The minimum atomic E-state index is -3.82. The van der Waals surface area contributed by atoms with Crippen molar-refractivity contribution in [2.24, 2.45) is 0 Å². The molecule has 1 aromatic heterocycles. The second-order valence-electron chi connectivity index (χ2n) is 7.46. The number of para-hydroxylation sites is 1. The van der Waals surface area contributed by atoms with Crippen molar-refractivity contribution in [1.82, 2.24) is 20.1 Å². The second kappa shape index (κ2) is 9.25. The zero-order valence-corrected chi connectivity index (χ0v) is 19.0. The van der Waals surface area contributed by atoms with Gasteiger partial charge in [-0.2, -0.15) is 5.10 Å². The van der Waals surface area contributed by atoms with E-state index in [1.807, 2.05) is 37.3 Å². The summed E-state index contributed by atoms with van der Waals surface area (Å²) >= 11 is 0. The smallest absolute Gasteiger partial charge is 0.264 e. The van der Waals surface area contributed by atoms with Gasteiger partial charge in [0.15, 0.2) is 0 Å². The molecule has 4 rings (SSSR count). The van der Waals surface area contributed by atoms with E-state index in [2.05, 4.69) is 15.4 Å². The zero-order chi connectivity index (χ0) is 23.4. The van der Waals surface area contributed by atoms with E-state index in [4.69, 9.17) is 0 Å². The van der Waals surface area contributed by atoms with E-state index in [9.17, 15) is 13.2 Å². The van der Waals surface area contributed by atoms with Gasteiger partial charge < -0.3 is 5.32 Å². The van der Waals surface area contributed by atoms with E-state index in [0.29, 0.717) is 5.69 Å². The Morgan fingerprint density at radius 1 is 1.00 bits per heavy atom. The van der Waals surface area contributed by atoms with Crippen LogP contribution in [0.5, 0.6) is 0 Å². The molecule has 0 aliphatic rings. The number of carbonyl (C=O) groups excluding carboxylic acids is 1. The van der Waals surface area contributed by atoms with Gasteiger partial charge >= 0.3 is 0 Å². The highest BCUT2D eigenvalue weighted by molar-refractivity contribution is 7.92. The van der Waals surface area contributed by atoms with Crippen LogP contribution in [-0.2, 0) is 10.0 Å². The van der Waals surface area contributed by atoms with Crippen LogP contribution in [-0.4, -0.2) is 36.1 Å². The lowest BCUT2D eigenvalue weighted by atomic mass is 10.1. The molecular formula is C24H23N5O3S. The molecular weight excluding hydrogens is 438 g/mol. The predicted octanol–water partition coefficient (Wildman–Crippen LogP) is 3.58. The normalized spacial score (nSPS) is 12.2. The topological polar surface area (TPSA) is 97.2 Å². The molecule has 0 saturated heterocycles. The summed E-state index contributed by atoms with van der Waals surface area (Å²) in [6.45, 7) is 1.87. The van der Waals surface area contributed by atoms with Crippen molar-refractivity contribution in [2.45, 2.75) is 17.9 Å². The van der Waals surface area contributed by atoms with Crippen LogP contribution in [0.3, 0.4) is 0 Å². The molecule has 0 radical (unpaired) electrons. The van der Waals surface area contributed by atoms with Crippen LogP contribution < -0.4 is 9.62 Å². The van der Waals surface area contributed by atoms with Crippen molar-refractivity contribution >= 4 is 21.6 Å². The summed E-state index contributed by atoms with van der Waals surface area (Å²) in [6, 6.07) is 22.1. The van der Waals surface area contributed by atoms with Gasteiger partial charge in [0, 0.05) is 12.6 Å². The number of rotatable bonds is 7. The largest absolute Gasteiger partial charge is 0.346 e. The molecule has 4 aromatic rings. The van der Waals surface area contributed by atoms with E-state index in [1.54, 1.807) is 47.4 Å². The number of anilines is 1. The Hall–Kier alpha value is -3.98. The minimum Gasteiger partial charge on any atom is -0.346 e. The van der Waals surface area contributed by atoms with Crippen LogP contribution in [0.2, 0.25) is 0 Å². The van der Waals surface area contributed by atoms with Crippen molar-refractivity contribution < 1.29 is 13.2 Å². The standard InChI is InChI=1S/C24H23N5O3S/c1-18(19-11-13-22(14-12-19)29-17-25-16-26-29)27-24(30)20-7-6-10-23(15-20)33(31,32)28(2)21-8-4-3-5-9-21/h3-18H,1-2H3,(H,27,30)/t18-/m1/s1. The number of aromatic nitrogens is 3. The monoisotopic (exact) mass is 461 g/mol. The van der Waals surface area contributed by atoms with Crippen LogP contribution in [0.4, 0.5) is 5.69 Å². The molecule has 0 spiro atoms. The number of amides is 1. The Morgan fingerprint density at radius 2 is 1.73 bits per heavy atom. The third kappa shape index (κ3) is 4.78. The summed E-state index contributed by atoms with van der Waals surface area (Å²) in [5.41, 5.74) is 2.56. The van der Waals surface area contributed by atoms with Gasteiger partial charge in [-0.1, -0.05) is 36.4 Å². The molecule has 0 unspecified atom stereocenters. The minimum absolute atomic E-state index is 0.0475. The van der Waals surface area contributed by atoms with E-state index in [0.717, 1.165) is 11.3 Å². The van der Waals surface area contributed by atoms with Crippen molar-refractivity contribution in [3.63, 3.8) is 0 Å². The Kier molecular flexibility index (Phi) is 6.23. The summed E-state index contributed by atoms with van der Waals surface area (Å²) in [5.74, 6) is -0.359. The zero-order valence-electron chi connectivity index (χ0n) is 18.2. The van der Waals surface area contributed by atoms with Crippen molar-refractivity contribution in [1.29, 1.82) is 0 Å². The average Bonchev–Trinajstić information content (AvgIpc) is 3.39. The Morgan fingerprint density at radius 3 is 2.39 bits per heavy atom. The fourth-order valence-corrected chi connectivity index (χ4v) is 4.60. The van der Waals surface area contributed by atoms with Crippen molar-refractivity contribution in [3.05, 3.63) is 103 Å². The summed E-state index contributed by atoms with van der Waals surface area (Å²) in [4.78, 5) is 16.8. The summed E-state index contributed by atoms with van der Waals surface area (Å²) < 4.78 is 29.0. The van der Waals surface area contributed by atoms with Gasteiger partial charge in [-0.25, -0.2) is 18.1 Å². The first-order valence-corrected chi connectivity index (χ1v) is 11.7. The SMILES string of the molecule is C[C@@H](NC(=O)c1cccc(S(=O)(=O)N(C)c2ccccc2)c1)c1ccc(-n2cncn2)cc1. The molecule has 0 fully saturated rings. The summed E-state index contributed by atoms with van der Waals surface area (Å²) in [7, 11) is -2.33. The number of hydrogen-bond acceptors (Lipinski definition) is 5. The number of nitrogens with zero attached hydrogens (tertiary/aromatic N) is 4. The fourth-order valence-electron chi connectivity index (χ4n) is 3.35. The van der Waals surface area contributed by atoms with E-state index in [-0.39, 0.29) is 22.4 Å². The summed E-state index contributed by atoms with van der Waals surface area (Å²) in [5, 5.41) is 7.02. The Bertz CT molecular complexity index is 1340. The van der Waals surface area contributed by atoms with Gasteiger partial charge in [0.2, 0.25) is 0 Å². The number of hydrogen-bond donors (Lipinski definition) is 1. The molecule has 1 N–H and O–H groups in total. The van der Waals surface area contributed by atoms with E-state index < -0.39 is 10.0 Å².